The molecule has 0 aromatic rings. The van der Waals surface area contributed by atoms with Crippen LogP contribution in [0, 0.1) is 46.3 Å². The van der Waals surface area contributed by atoms with E-state index >= 15 is 0 Å². The molecule has 188 valence electrons. The van der Waals surface area contributed by atoms with Gasteiger partial charge in [-0.05, 0) is 98.2 Å². The lowest BCUT2D eigenvalue weighted by molar-refractivity contribution is -0.152. The van der Waals surface area contributed by atoms with Crippen LogP contribution in [0.25, 0.3) is 0 Å². The maximum atomic E-state index is 12.1. The van der Waals surface area contributed by atoms with Gasteiger partial charge >= 0.3 is 5.97 Å². The summed E-state index contributed by atoms with van der Waals surface area (Å²) in [6.07, 6.45) is 16.9. The van der Waals surface area contributed by atoms with Crippen molar-refractivity contribution in [2.75, 3.05) is 0 Å². The van der Waals surface area contributed by atoms with Crippen molar-refractivity contribution in [1.82, 2.24) is 0 Å². The van der Waals surface area contributed by atoms with Crippen molar-refractivity contribution in [3.05, 3.63) is 11.6 Å². The van der Waals surface area contributed by atoms with Crippen molar-refractivity contribution in [3.63, 3.8) is 0 Å². The fourth-order valence-electron chi connectivity index (χ4n) is 9.02. The molecule has 4 rings (SSSR count). The van der Waals surface area contributed by atoms with Gasteiger partial charge in [-0.2, -0.15) is 0 Å². The Morgan fingerprint density at radius 2 is 1.82 bits per heavy atom. The summed E-state index contributed by atoms with van der Waals surface area (Å²) in [5.74, 6) is 4.95. The van der Waals surface area contributed by atoms with Gasteiger partial charge in [0.1, 0.15) is 12.1 Å². The molecule has 8 unspecified atom stereocenters. The molecule has 3 saturated carbocycles. The number of esters is 1. The fourth-order valence-corrected chi connectivity index (χ4v) is 9.02. The summed E-state index contributed by atoms with van der Waals surface area (Å²) in [5.41, 5.74) is 8.18. The molecule has 0 radical (unpaired) electrons. The molecule has 9 atom stereocenters. The monoisotopic (exact) mass is 457 g/mol. The zero-order chi connectivity index (χ0) is 24.0. The first-order valence-corrected chi connectivity index (χ1v) is 14.2. The predicted octanol–water partition coefficient (Wildman–Crippen LogP) is 7.29. The number of allylic oxidation sites excluding steroid dienone is 1. The van der Waals surface area contributed by atoms with Gasteiger partial charge in [-0.3, -0.25) is 4.79 Å². The lowest BCUT2D eigenvalue weighted by atomic mass is 9.47. The Morgan fingerprint density at radius 3 is 2.52 bits per heavy atom. The minimum atomic E-state index is -0.526. The SMILES string of the molecule is CC(C)CCC[C@@H](C)C1CCC2C3CC=C4CC(OC(=O)C(C)N)CCC4(C)C3CCC21C. The van der Waals surface area contributed by atoms with Crippen LogP contribution in [0.3, 0.4) is 0 Å². The number of rotatable bonds is 7. The summed E-state index contributed by atoms with van der Waals surface area (Å²) in [6.45, 7) is 14.2. The summed E-state index contributed by atoms with van der Waals surface area (Å²) in [7, 11) is 0. The molecular formula is C30H51NO2. The Labute approximate surface area is 203 Å². The lowest BCUT2D eigenvalue weighted by Crippen LogP contribution is -2.51. The van der Waals surface area contributed by atoms with E-state index in [-0.39, 0.29) is 12.1 Å². The van der Waals surface area contributed by atoms with Crippen LogP contribution in [0.2, 0.25) is 0 Å². The minimum Gasteiger partial charge on any atom is -0.461 e. The largest absolute Gasteiger partial charge is 0.461 e. The third-order valence-electron chi connectivity index (χ3n) is 10.9. The molecule has 3 fully saturated rings. The molecule has 4 aliphatic rings. The van der Waals surface area contributed by atoms with Gasteiger partial charge in [-0.15, -0.1) is 0 Å². The highest BCUT2D eigenvalue weighted by Gasteiger charge is 2.59. The smallest absolute Gasteiger partial charge is 0.322 e. The number of hydrogen-bond donors (Lipinski definition) is 1. The average Bonchev–Trinajstić information content (AvgIpc) is 3.11. The number of carbonyl (C=O) groups is 1. The summed E-state index contributed by atoms with van der Waals surface area (Å²) in [5, 5.41) is 0. The van der Waals surface area contributed by atoms with Crippen LogP contribution in [0.1, 0.15) is 112 Å². The Morgan fingerprint density at radius 1 is 1.06 bits per heavy atom. The molecule has 0 bridgehead atoms. The summed E-state index contributed by atoms with van der Waals surface area (Å²) in [6, 6.07) is -0.526. The zero-order valence-corrected chi connectivity index (χ0v) is 22.4. The third kappa shape index (κ3) is 4.69. The van der Waals surface area contributed by atoms with Crippen molar-refractivity contribution in [1.29, 1.82) is 0 Å². The van der Waals surface area contributed by atoms with E-state index in [1.165, 1.54) is 51.4 Å². The van der Waals surface area contributed by atoms with Crippen molar-refractivity contribution >= 4 is 5.97 Å². The molecule has 0 amide bonds. The van der Waals surface area contributed by atoms with Crippen molar-refractivity contribution < 1.29 is 9.53 Å². The minimum absolute atomic E-state index is 0.0239. The Kier molecular flexibility index (Phi) is 7.40. The molecule has 4 aliphatic carbocycles. The van der Waals surface area contributed by atoms with Gasteiger partial charge in [0, 0.05) is 6.42 Å². The average molecular weight is 458 g/mol. The van der Waals surface area contributed by atoms with Crippen LogP contribution >= 0.6 is 0 Å². The van der Waals surface area contributed by atoms with Crippen LogP contribution in [-0.2, 0) is 9.53 Å². The van der Waals surface area contributed by atoms with Crippen molar-refractivity contribution in [3.8, 4) is 0 Å². The molecule has 0 aromatic heterocycles. The zero-order valence-electron chi connectivity index (χ0n) is 22.4. The summed E-state index contributed by atoms with van der Waals surface area (Å²) >= 11 is 0. The highest BCUT2D eigenvalue weighted by molar-refractivity contribution is 5.75. The van der Waals surface area contributed by atoms with E-state index in [1.807, 2.05) is 0 Å². The molecule has 3 nitrogen and oxygen atoms in total. The predicted molar refractivity (Wildman–Crippen MR) is 137 cm³/mol. The number of ether oxygens (including phenoxy) is 1. The van der Waals surface area contributed by atoms with E-state index in [9.17, 15) is 4.79 Å². The second-order valence-corrected chi connectivity index (χ2v) is 13.4. The van der Waals surface area contributed by atoms with E-state index in [0.29, 0.717) is 10.8 Å². The fraction of sp³-hybridized carbons (Fsp3) is 0.900. The van der Waals surface area contributed by atoms with Crippen LogP contribution in [0.15, 0.2) is 11.6 Å². The van der Waals surface area contributed by atoms with Crippen molar-refractivity contribution in [2.45, 2.75) is 124 Å². The van der Waals surface area contributed by atoms with Crippen LogP contribution in [-0.4, -0.2) is 18.1 Å². The quantitative estimate of drug-likeness (QED) is 0.322. The maximum absolute atomic E-state index is 12.1. The first-order valence-electron chi connectivity index (χ1n) is 14.2. The summed E-state index contributed by atoms with van der Waals surface area (Å²) in [4.78, 5) is 12.1. The topological polar surface area (TPSA) is 52.3 Å². The standard InChI is InChI=1S/C30H51NO2/c1-19(2)8-7-9-20(3)25-12-13-26-24-11-10-22-18-23(33-28(32)21(4)31)14-16-29(22,5)27(24)15-17-30(25,26)6/h10,19-21,23-27H,7-9,11-18,31H2,1-6H3/t20-,21?,23?,24?,25?,26?,27?,29?,30?/m1/s1. The first kappa shape index (κ1) is 25.3. The van der Waals surface area contributed by atoms with Crippen LogP contribution in [0.4, 0.5) is 0 Å². The highest BCUT2D eigenvalue weighted by atomic mass is 16.5. The molecule has 2 N–H and O–H groups in total. The molecule has 0 heterocycles. The Balaban J connectivity index is 1.45. The van der Waals surface area contributed by atoms with Crippen molar-refractivity contribution in [2.24, 2.45) is 52.1 Å². The molecule has 0 aromatic carbocycles. The van der Waals surface area contributed by atoms with Gasteiger partial charge in [0.2, 0.25) is 0 Å². The van der Waals surface area contributed by atoms with Gasteiger partial charge in [-0.25, -0.2) is 0 Å². The van der Waals surface area contributed by atoms with Gasteiger partial charge in [0.05, 0.1) is 0 Å². The number of nitrogens with two attached hydrogens (primary N) is 1. The maximum Gasteiger partial charge on any atom is 0.322 e. The van der Waals surface area contributed by atoms with E-state index in [0.717, 1.165) is 54.8 Å². The van der Waals surface area contributed by atoms with Crippen LogP contribution < -0.4 is 5.73 Å². The number of carbonyl (C=O) groups excluding carboxylic acids is 1. The second kappa shape index (κ2) is 9.67. The Bertz CT molecular complexity index is 742. The number of hydrogen-bond acceptors (Lipinski definition) is 3. The molecule has 33 heavy (non-hydrogen) atoms. The second-order valence-electron chi connectivity index (χ2n) is 13.4. The number of fused-ring (bicyclic) bond motifs is 5. The van der Waals surface area contributed by atoms with E-state index < -0.39 is 6.04 Å². The molecule has 0 aliphatic heterocycles. The van der Waals surface area contributed by atoms with E-state index in [4.69, 9.17) is 10.5 Å². The molecule has 0 spiro atoms. The van der Waals surface area contributed by atoms with E-state index in [2.05, 4.69) is 40.7 Å². The normalized spacial score (nSPS) is 42.1. The molecule has 0 saturated heterocycles. The third-order valence-corrected chi connectivity index (χ3v) is 10.9. The summed E-state index contributed by atoms with van der Waals surface area (Å²) < 4.78 is 5.75. The van der Waals surface area contributed by atoms with Gasteiger partial charge in [-0.1, -0.05) is 65.5 Å². The van der Waals surface area contributed by atoms with Gasteiger partial charge in [0.25, 0.3) is 0 Å². The molecule has 3 heteroatoms. The molecular weight excluding hydrogens is 406 g/mol. The highest BCUT2D eigenvalue weighted by Crippen LogP contribution is 2.67. The van der Waals surface area contributed by atoms with Crippen LogP contribution in [0.5, 0.6) is 0 Å². The lowest BCUT2D eigenvalue weighted by Gasteiger charge is -2.58. The van der Waals surface area contributed by atoms with Gasteiger partial charge in [0.15, 0.2) is 0 Å². The van der Waals surface area contributed by atoms with Gasteiger partial charge < -0.3 is 10.5 Å². The van der Waals surface area contributed by atoms with E-state index in [1.54, 1.807) is 12.5 Å². The first-order chi connectivity index (χ1) is 15.6. The Hall–Kier alpha value is -0.830.